The smallest absolute Gasteiger partial charge is 0.462 e. The molecule has 0 aromatic rings. The molecule has 0 aliphatic carbocycles. The van der Waals surface area contributed by atoms with Crippen molar-refractivity contribution in [1.82, 2.24) is 0 Å². The van der Waals surface area contributed by atoms with Crippen molar-refractivity contribution in [3.05, 3.63) is 48.6 Å². The highest BCUT2D eigenvalue weighted by Crippen LogP contribution is 2.43. The summed E-state index contributed by atoms with van der Waals surface area (Å²) in [5.74, 6) is -1.47. The van der Waals surface area contributed by atoms with E-state index in [9.17, 15) is 28.9 Å². The second-order valence-corrected chi connectivity index (χ2v) is 22.7. The molecule has 3 atom stereocenters. The van der Waals surface area contributed by atoms with Gasteiger partial charge < -0.3 is 24.2 Å². The van der Waals surface area contributed by atoms with Crippen molar-refractivity contribution in [1.29, 1.82) is 0 Å². The zero-order chi connectivity index (χ0) is 55.5. The third kappa shape index (κ3) is 56.2. The molecule has 0 radical (unpaired) electrons. The molecule has 0 aliphatic heterocycles. The summed E-state index contributed by atoms with van der Waals surface area (Å²) in [6.45, 7) is 4.64. The van der Waals surface area contributed by atoms with E-state index in [1.165, 1.54) is 141 Å². The van der Waals surface area contributed by atoms with Gasteiger partial charge in [-0.25, -0.2) is 4.57 Å². The van der Waals surface area contributed by atoms with E-state index in [1.807, 2.05) is 0 Å². The molecule has 0 aromatic heterocycles. The monoisotopic (exact) mass is 1090 g/mol. The largest absolute Gasteiger partial charge is 0.472 e. The van der Waals surface area contributed by atoms with Gasteiger partial charge in [-0.1, -0.05) is 230 Å². The zero-order valence-electron chi connectivity index (χ0n) is 49.2. The van der Waals surface area contributed by atoms with Gasteiger partial charge in [-0.3, -0.25) is 23.4 Å². The Bertz CT molecular complexity index is 1460. The van der Waals surface area contributed by atoms with Crippen LogP contribution in [0.3, 0.4) is 0 Å². The Morgan fingerprint density at radius 2 is 0.645 bits per heavy atom. The number of unbranched alkanes of at least 4 members (excludes halogenated alkanes) is 34. The van der Waals surface area contributed by atoms with Crippen LogP contribution in [0.4, 0.5) is 0 Å². The standard InChI is InChI=1S/C64H117O11P/c1-4-7-10-13-16-19-22-25-28-30-33-35-38-41-44-47-50-53-62(66)71-57-61(75-64(68)55-52-49-46-43-40-37-34-31-29-26-23-20-17-14-11-8-5-2)59-73-76(69,70)72-58-60(56-65)74-63(67)54-51-48-45-42-39-36-32-27-24-21-18-15-12-9-6-3/h17,20,25-29,32,60-61,65H,4-16,18-19,21-24,30-31,33-59H2,1-3H3,(H,69,70)/b20-17-,28-25-,29-26-,32-27-. The minimum Gasteiger partial charge on any atom is -0.462 e. The summed E-state index contributed by atoms with van der Waals surface area (Å²) >= 11 is 0. The highest BCUT2D eigenvalue weighted by atomic mass is 31.2. The molecule has 2 N–H and O–H groups in total. The molecule has 444 valence electrons. The van der Waals surface area contributed by atoms with Crippen molar-refractivity contribution >= 4 is 25.7 Å². The maximum Gasteiger partial charge on any atom is 0.472 e. The summed E-state index contributed by atoms with van der Waals surface area (Å²) in [6, 6.07) is 0. The molecule has 11 nitrogen and oxygen atoms in total. The molecule has 3 unspecified atom stereocenters. The van der Waals surface area contributed by atoms with E-state index in [0.717, 1.165) is 103 Å². The molecule has 0 saturated heterocycles. The Balaban J connectivity index is 4.71. The summed E-state index contributed by atoms with van der Waals surface area (Å²) in [5, 5.41) is 9.84. The Morgan fingerprint density at radius 1 is 0.368 bits per heavy atom. The first-order valence-electron chi connectivity index (χ1n) is 31.5. The number of hydrogen-bond donors (Lipinski definition) is 2. The topological polar surface area (TPSA) is 155 Å². The number of aliphatic hydroxyl groups excluding tert-OH is 1. The zero-order valence-corrected chi connectivity index (χ0v) is 50.1. The second kappa shape index (κ2) is 58.6. The number of allylic oxidation sites excluding steroid dienone is 8. The lowest BCUT2D eigenvalue weighted by Crippen LogP contribution is -2.30. The predicted molar refractivity (Wildman–Crippen MR) is 316 cm³/mol. The quantitative estimate of drug-likeness (QED) is 0.0197. The average molecular weight is 1090 g/mol. The molecule has 0 spiro atoms. The van der Waals surface area contributed by atoms with Crippen LogP contribution in [-0.4, -0.2) is 66.5 Å². The number of aliphatic hydroxyl groups is 1. The van der Waals surface area contributed by atoms with Gasteiger partial charge in [-0.15, -0.1) is 0 Å². The fourth-order valence-electron chi connectivity index (χ4n) is 8.85. The normalized spacial score (nSPS) is 13.6. The number of ether oxygens (including phenoxy) is 3. The molecule has 0 aromatic carbocycles. The van der Waals surface area contributed by atoms with Crippen molar-refractivity contribution in [2.45, 2.75) is 315 Å². The Hall–Kier alpha value is -2.56. The maximum atomic E-state index is 12.9. The molecule has 0 heterocycles. The van der Waals surface area contributed by atoms with E-state index in [1.54, 1.807) is 0 Å². The van der Waals surface area contributed by atoms with Crippen LogP contribution in [0.25, 0.3) is 0 Å². The fraction of sp³-hybridized carbons (Fsp3) is 0.828. The number of rotatable bonds is 59. The first-order chi connectivity index (χ1) is 37.2. The van der Waals surface area contributed by atoms with Crippen LogP contribution in [0, 0.1) is 0 Å². The molecule has 0 rings (SSSR count). The minimum absolute atomic E-state index is 0.159. The highest BCUT2D eigenvalue weighted by Gasteiger charge is 2.28. The molecular weight excluding hydrogens is 976 g/mol. The molecule has 0 amide bonds. The van der Waals surface area contributed by atoms with E-state index < -0.39 is 57.8 Å². The van der Waals surface area contributed by atoms with Gasteiger partial charge in [0.15, 0.2) is 6.10 Å². The van der Waals surface area contributed by atoms with Crippen LogP contribution in [0.15, 0.2) is 48.6 Å². The van der Waals surface area contributed by atoms with Gasteiger partial charge in [-0.05, 0) is 103 Å². The summed E-state index contributed by atoms with van der Waals surface area (Å²) in [4.78, 5) is 48.7. The molecular formula is C64H117O11P. The first kappa shape index (κ1) is 73.4. The predicted octanol–water partition coefficient (Wildman–Crippen LogP) is 18.9. The molecule has 0 aliphatic rings. The number of carbonyl (C=O) groups is 3. The molecule has 12 heteroatoms. The molecule has 0 bridgehead atoms. The van der Waals surface area contributed by atoms with Crippen LogP contribution < -0.4 is 0 Å². The lowest BCUT2D eigenvalue weighted by Gasteiger charge is -2.21. The van der Waals surface area contributed by atoms with Gasteiger partial charge in [0.1, 0.15) is 12.7 Å². The van der Waals surface area contributed by atoms with E-state index in [4.69, 9.17) is 23.3 Å². The highest BCUT2D eigenvalue weighted by molar-refractivity contribution is 7.47. The first-order valence-corrected chi connectivity index (χ1v) is 33.0. The fourth-order valence-corrected chi connectivity index (χ4v) is 9.63. The number of phosphoric acid groups is 1. The molecule has 76 heavy (non-hydrogen) atoms. The Labute approximate surface area is 466 Å². The van der Waals surface area contributed by atoms with Gasteiger partial charge in [0, 0.05) is 19.3 Å². The molecule has 0 fully saturated rings. The van der Waals surface area contributed by atoms with Gasteiger partial charge >= 0.3 is 25.7 Å². The second-order valence-electron chi connectivity index (χ2n) is 21.2. The third-order valence-corrected chi connectivity index (χ3v) is 14.6. The van der Waals surface area contributed by atoms with Crippen LogP contribution in [0.1, 0.15) is 303 Å². The van der Waals surface area contributed by atoms with Crippen molar-refractivity contribution in [2.24, 2.45) is 0 Å². The van der Waals surface area contributed by atoms with Crippen LogP contribution in [0.2, 0.25) is 0 Å². The van der Waals surface area contributed by atoms with Crippen molar-refractivity contribution in [3.8, 4) is 0 Å². The van der Waals surface area contributed by atoms with Crippen molar-refractivity contribution in [3.63, 3.8) is 0 Å². The summed E-state index contributed by atoms with van der Waals surface area (Å²) in [6.07, 6.45) is 63.4. The lowest BCUT2D eigenvalue weighted by molar-refractivity contribution is -0.161. The van der Waals surface area contributed by atoms with Crippen molar-refractivity contribution in [2.75, 3.05) is 26.4 Å². The number of carbonyl (C=O) groups excluding carboxylic acids is 3. The van der Waals surface area contributed by atoms with E-state index >= 15 is 0 Å². The van der Waals surface area contributed by atoms with Gasteiger partial charge in [0.2, 0.25) is 0 Å². The lowest BCUT2D eigenvalue weighted by atomic mass is 10.1. The maximum absolute atomic E-state index is 12.9. The van der Waals surface area contributed by atoms with Crippen molar-refractivity contribution < 1.29 is 52.2 Å². The average Bonchev–Trinajstić information content (AvgIpc) is 3.41. The van der Waals surface area contributed by atoms with Gasteiger partial charge in [-0.2, -0.15) is 0 Å². The Morgan fingerprint density at radius 3 is 1.01 bits per heavy atom. The van der Waals surface area contributed by atoms with Crippen LogP contribution in [-0.2, 0) is 42.2 Å². The van der Waals surface area contributed by atoms with Gasteiger partial charge in [0.05, 0.1) is 19.8 Å². The van der Waals surface area contributed by atoms with E-state index in [0.29, 0.717) is 19.3 Å². The minimum atomic E-state index is -4.75. The van der Waals surface area contributed by atoms with E-state index in [-0.39, 0.29) is 25.9 Å². The van der Waals surface area contributed by atoms with Crippen LogP contribution in [0.5, 0.6) is 0 Å². The molecule has 0 saturated carbocycles. The summed E-state index contributed by atoms with van der Waals surface area (Å²) in [5.41, 5.74) is 0. The van der Waals surface area contributed by atoms with E-state index in [2.05, 4.69) is 69.4 Å². The number of phosphoric ester groups is 1. The summed E-state index contributed by atoms with van der Waals surface area (Å²) < 4.78 is 39.6. The Kier molecular flexibility index (Phi) is 56.6. The number of esters is 3. The summed E-state index contributed by atoms with van der Waals surface area (Å²) in [7, 11) is -4.75. The van der Waals surface area contributed by atoms with Crippen LogP contribution >= 0.6 is 7.82 Å². The van der Waals surface area contributed by atoms with Gasteiger partial charge in [0.25, 0.3) is 0 Å². The number of hydrogen-bond acceptors (Lipinski definition) is 10. The SMILES string of the molecule is CCCCC/C=C\C/C=C\CCCCCCCCCC(=O)OC(COC(=O)CCCCCCCCC/C=C\CCCCCCCC)COP(=O)(O)OCC(CO)OC(=O)CCCCCCC/C=C\CCCCCCCC. The third-order valence-electron chi connectivity index (χ3n) is 13.7.